The maximum Gasteiger partial charge on any atom is 0.195 e. The van der Waals surface area contributed by atoms with Crippen molar-refractivity contribution in [3.8, 4) is 0 Å². The summed E-state index contributed by atoms with van der Waals surface area (Å²) in [5.41, 5.74) is 2.10. The van der Waals surface area contributed by atoms with Gasteiger partial charge in [-0.15, -0.1) is 22.7 Å². The monoisotopic (exact) mass is 478 g/mol. The number of hydrogen-bond donors (Lipinski definition) is 0. The Morgan fingerprint density at radius 1 is 0.708 bits per heavy atom. The van der Waals surface area contributed by atoms with Crippen LogP contribution in [0.1, 0.15) is 11.1 Å². The van der Waals surface area contributed by atoms with Crippen molar-refractivity contribution in [2.45, 2.75) is 13.8 Å². The van der Waals surface area contributed by atoms with E-state index in [1.807, 2.05) is 26.0 Å². The molecule has 0 atom stereocenters. The predicted molar refractivity (Wildman–Crippen MR) is 112 cm³/mol. The van der Waals surface area contributed by atoms with E-state index in [9.17, 15) is 9.59 Å². The van der Waals surface area contributed by atoms with Gasteiger partial charge in [-0.25, -0.2) is 0 Å². The second-order valence-electron chi connectivity index (χ2n) is 6.01. The summed E-state index contributed by atoms with van der Waals surface area (Å²) in [4.78, 5) is 25.8. The molecular formula is C18H8Br2O2S2. The molecule has 24 heavy (non-hydrogen) atoms. The second kappa shape index (κ2) is 4.75. The molecule has 5 rings (SSSR count). The molecule has 0 aliphatic carbocycles. The summed E-state index contributed by atoms with van der Waals surface area (Å²) in [6, 6.07) is 3.83. The Bertz CT molecular complexity index is 1320. The summed E-state index contributed by atoms with van der Waals surface area (Å²) >= 11 is 10.2. The summed E-state index contributed by atoms with van der Waals surface area (Å²) in [7, 11) is 0. The molecule has 0 fully saturated rings. The minimum absolute atomic E-state index is 0.0653. The third-order valence-corrected chi connectivity index (χ3v) is 9.16. The van der Waals surface area contributed by atoms with Crippen LogP contribution in [0.4, 0.5) is 0 Å². The van der Waals surface area contributed by atoms with E-state index in [1.165, 1.54) is 0 Å². The van der Waals surface area contributed by atoms with Crippen LogP contribution in [-0.2, 0) is 0 Å². The van der Waals surface area contributed by atoms with Gasteiger partial charge in [0.2, 0.25) is 0 Å². The molecule has 5 aromatic rings. The Morgan fingerprint density at radius 3 is 1.46 bits per heavy atom. The third kappa shape index (κ3) is 1.65. The number of benzene rings is 1. The fraction of sp³-hybridized carbons (Fsp3) is 0.111. The van der Waals surface area contributed by atoms with Gasteiger partial charge in [0.1, 0.15) is 0 Å². The van der Waals surface area contributed by atoms with Gasteiger partial charge in [0.25, 0.3) is 0 Å². The Hall–Kier alpha value is -1.08. The molecule has 3 aromatic carbocycles. The molecule has 0 unspecified atom stereocenters. The molecule has 0 amide bonds. The highest BCUT2D eigenvalue weighted by Gasteiger charge is 2.22. The van der Waals surface area contributed by atoms with Crippen LogP contribution in [0.15, 0.2) is 29.3 Å². The first-order valence-corrected chi connectivity index (χ1v) is 10.5. The fourth-order valence-corrected chi connectivity index (χ4v) is 7.01. The SMILES string of the molecule is Cc1c(Br)sc2c1c(=O)c1cc3c(cc12)c(=O)c1c(C)c(Br)sc13. The topological polar surface area (TPSA) is 34.1 Å². The molecule has 0 radical (unpaired) electrons. The van der Waals surface area contributed by atoms with E-state index in [-0.39, 0.29) is 10.9 Å². The zero-order chi connectivity index (χ0) is 16.9. The minimum atomic E-state index is 0.0653. The van der Waals surface area contributed by atoms with Crippen molar-refractivity contribution in [3.63, 3.8) is 0 Å². The van der Waals surface area contributed by atoms with Crippen LogP contribution in [0.3, 0.4) is 0 Å². The minimum Gasteiger partial charge on any atom is -0.289 e. The maximum atomic E-state index is 12.9. The van der Waals surface area contributed by atoms with E-state index in [2.05, 4.69) is 31.9 Å². The van der Waals surface area contributed by atoms with Gasteiger partial charge in [-0.2, -0.15) is 0 Å². The average molecular weight is 480 g/mol. The molecule has 2 heterocycles. The van der Waals surface area contributed by atoms with Crippen molar-refractivity contribution in [1.82, 2.24) is 0 Å². The number of fused-ring (bicyclic) bond motifs is 6. The molecule has 0 saturated carbocycles. The van der Waals surface area contributed by atoms with Crippen LogP contribution in [0.2, 0.25) is 0 Å². The van der Waals surface area contributed by atoms with Crippen molar-refractivity contribution >= 4 is 96.3 Å². The Morgan fingerprint density at radius 2 is 1.08 bits per heavy atom. The van der Waals surface area contributed by atoms with Gasteiger partial charge >= 0.3 is 0 Å². The lowest BCUT2D eigenvalue weighted by atomic mass is 10.1. The van der Waals surface area contributed by atoms with Gasteiger partial charge in [-0.3, -0.25) is 9.59 Å². The summed E-state index contributed by atoms with van der Waals surface area (Å²) < 4.78 is 3.92. The lowest BCUT2D eigenvalue weighted by molar-refractivity contribution is 1.56. The molecule has 118 valence electrons. The lowest BCUT2D eigenvalue weighted by Crippen LogP contribution is -1.96. The van der Waals surface area contributed by atoms with Gasteiger partial charge in [0, 0.05) is 41.7 Å². The number of aryl methyl sites for hydroxylation is 2. The van der Waals surface area contributed by atoms with Crippen molar-refractivity contribution in [2.24, 2.45) is 0 Å². The van der Waals surface area contributed by atoms with Crippen molar-refractivity contribution in [1.29, 1.82) is 0 Å². The average Bonchev–Trinajstić information content (AvgIpc) is 3.19. The summed E-state index contributed by atoms with van der Waals surface area (Å²) in [6.45, 7) is 3.92. The van der Waals surface area contributed by atoms with Crippen LogP contribution >= 0.6 is 54.5 Å². The normalized spacial score (nSPS) is 12.5. The zero-order valence-corrected chi connectivity index (χ0v) is 17.3. The van der Waals surface area contributed by atoms with E-state index < -0.39 is 0 Å². The highest BCUT2D eigenvalue weighted by atomic mass is 79.9. The van der Waals surface area contributed by atoms with Crippen LogP contribution in [-0.4, -0.2) is 0 Å². The molecule has 0 bridgehead atoms. The van der Waals surface area contributed by atoms with Crippen molar-refractivity contribution in [3.05, 3.63) is 51.3 Å². The number of halogens is 2. The summed E-state index contributed by atoms with van der Waals surface area (Å²) in [5, 5.41) is 4.78. The quantitative estimate of drug-likeness (QED) is 0.266. The van der Waals surface area contributed by atoms with E-state index in [1.54, 1.807) is 22.7 Å². The first-order chi connectivity index (χ1) is 11.4. The Labute approximate surface area is 160 Å². The van der Waals surface area contributed by atoms with Gasteiger partial charge in [-0.1, -0.05) is 0 Å². The second-order valence-corrected chi connectivity index (χ2v) is 10.7. The van der Waals surface area contributed by atoms with Crippen LogP contribution in [0, 0.1) is 13.8 Å². The molecule has 2 nitrogen and oxygen atoms in total. The highest BCUT2D eigenvalue weighted by molar-refractivity contribution is 9.11. The zero-order valence-electron chi connectivity index (χ0n) is 12.5. The molecule has 0 N–H and O–H groups in total. The molecule has 0 saturated heterocycles. The van der Waals surface area contributed by atoms with Crippen molar-refractivity contribution < 1.29 is 0 Å². The Kier molecular flexibility index (Phi) is 3.01. The molecule has 6 heteroatoms. The largest absolute Gasteiger partial charge is 0.289 e. The van der Waals surface area contributed by atoms with E-state index in [4.69, 9.17) is 0 Å². The lowest BCUT2D eigenvalue weighted by Gasteiger charge is -1.93. The number of rotatable bonds is 0. The first-order valence-electron chi connectivity index (χ1n) is 7.26. The van der Waals surface area contributed by atoms with E-state index in [0.29, 0.717) is 10.8 Å². The third-order valence-electron chi connectivity index (χ3n) is 4.77. The van der Waals surface area contributed by atoms with Crippen LogP contribution in [0.5, 0.6) is 0 Å². The van der Waals surface area contributed by atoms with Gasteiger partial charge in [0.05, 0.1) is 7.57 Å². The van der Waals surface area contributed by atoms with E-state index in [0.717, 1.165) is 49.6 Å². The first kappa shape index (κ1) is 15.2. The smallest absolute Gasteiger partial charge is 0.195 e. The fourth-order valence-electron chi connectivity index (χ4n) is 3.52. The molecule has 2 aromatic heterocycles. The Balaban J connectivity index is 2.11. The number of thiophene rings is 2. The summed E-state index contributed by atoms with van der Waals surface area (Å²) in [5.74, 6) is 0. The van der Waals surface area contributed by atoms with Crippen molar-refractivity contribution in [2.75, 3.05) is 0 Å². The molecular weight excluding hydrogens is 472 g/mol. The molecule has 0 aliphatic rings. The van der Waals surface area contributed by atoms with Crippen LogP contribution in [0.25, 0.3) is 41.7 Å². The van der Waals surface area contributed by atoms with Gasteiger partial charge in [0.15, 0.2) is 10.9 Å². The van der Waals surface area contributed by atoms with Gasteiger partial charge < -0.3 is 0 Å². The van der Waals surface area contributed by atoms with Gasteiger partial charge in [-0.05, 0) is 69.0 Å². The van der Waals surface area contributed by atoms with E-state index >= 15 is 0 Å². The molecule has 0 spiro atoms. The number of hydrogen-bond acceptors (Lipinski definition) is 4. The highest BCUT2D eigenvalue weighted by Crippen LogP contribution is 2.42. The standard InChI is InChI=1S/C18H8Br2O2S2/c1-5-11-13(21)7-3-10-8(4-9(7)15(11)23-17(5)19)14(22)12-6(2)18(20)24-16(10)12/h3-4H,1-2H3. The van der Waals surface area contributed by atoms with Crippen LogP contribution < -0.4 is 10.9 Å². The maximum absolute atomic E-state index is 12.9. The predicted octanol–water partition coefficient (Wildman–Crippen LogP) is 6.16. The molecule has 0 aliphatic heterocycles. The summed E-state index contributed by atoms with van der Waals surface area (Å²) in [6.07, 6.45) is 0.